The first-order chi connectivity index (χ1) is 13.5. The highest BCUT2D eigenvalue weighted by molar-refractivity contribution is 5.93. The van der Waals surface area contributed by atoms with Gasteiger partial charge >= 0.3 is 0 Å². The Morgan fingerprint density at radius 2 is 1.89 bits per heavy atom. The molecule has 0 bridgehead atoms. The second-order valence-corrected chi connectivity index (χ2v) is 7.45. The summed E-state index contributed by atoms with van der Waals surface area (Å²) in [6.45, 7) is 8.05. The molecule has 2 amide bonds. The van der Waals surface area contributed by atoms with Crippen LogP contribution in [0.3, 0.4) is 0 Å². The normalized spacial score (nSPS) is 15.2. The first-order valence-corrected chi connectivity index (χ1v) is 10.3. The summed E-state index contributed by atoms with van der Waals surface area (Å²) in [5, 5.41) is 2.96. The summed E-state index contributed by atoms with van der Waals surface area (Å²) in [4.78, 5) is 32.9. The highest BCUT2D eigenvalue weighted by Gasteiger charge is 2.21. The van der Waals surface area contributed by atoms with E-state index in [4.69, 9.17) is 4.98 Å². The number of carbonyl (C=O) groups excluding carboxylic acids is 2. The largest absolute Gasteiger partial charge is 0.340 e. The molecule has 1 aliphatic rings. The lowest BCUT2D eigenvalue weighted by Gasteiger charge is -2.34. The Labute approximate surface area is 166 Å². The third kappa shape index (κ3) is 4.70. The van der Waals surface area contributed by atoms with Crippen molar-refractivity contribution in [2.75, 3.05) is 31.5 Å². The Morgan fingerprint density at radius 3 is 2.57 bits per heavy atom. The zero-order chi connectivity index (χ0) is 20.1. The van der Waals surface area contributed by atoms with Crippen molar-refractivity contribution in [3.05, 3.63) is 24.0 Å². The van der Waals surface area contributed by atoms with Crippen molar-refractivity contribution in [1.82, 2.24) is 19.4 Å². The van der Waals surface area contributed by atoms with Crippen LogP contribution in [0.2, 0.25) is 0 Å². The smallest absolute Gasteiger partial charge is 0.224 e. The first kappa shape index (κ1) is 20.3. The maximum Gasteiger partial charge on any atom is 0.224 e. The topological polar surface area (TPSA) is 70.5 Å². The van der Waals surface area contributed by atoms with Gasteiger partial charge in [-0.3, -0.25) is 14.5 Å². The number of imidazole rings is 1. The molecule has 0 unspecified atom stereocenters. The fourth-order valence-corrected chi connectivity index (χ4v) is 3.61. The van der Waals surface area contributed by atoms with E-state index in [1.165, 1.54) is 0 Å². The monoisotopic (exact) mass is 385 g/mol. The van der Waals surface area contributed by atoms with Crippen molar-refractivity contribution in [1.29, 1.82) is 0 Å². The lowest BCUT2D eigenvalue weighted by atomic mass is 10.2. The Balaban J connectivity index is 1.65. The van der Waals surface area contributed by atoms with Gasteiger partial charge in [0.05, 0.1) is 17.6 Å². The highest BCUT2D eigenvalue weighted by Crippen LogP contribution is 2.21. The number of rotatable bonds is 7. The van der Waals surface area contributed by atoms with Gasteiger partial charge in [-0.2, -0.15) is 0 Å². The number of hydrogen-bond acceptors (Lipinski definition) is 4. The predicted octanol–water partition coefficient (Wildman–Crippen LogP) is 2.76. The van der Waals surface area contributed by atoms with E-state index in [1.807, 2.05) is 37.1 Å². The second kappa shape index (κ2) is 9.19. The average Bonchev–Trinajstić information content (AvgIpc) is 3.01. The second-order valence-electron chi connectivity index (χ2n) is 7.45. The number of piperazine rings is 1. The number of fused-ring (bicyclic) bond motifs is 1. The van der Waals surface area contributed by atoms with E-state index in [-0.39, 0.29) is 11.8 Å². The van der Waals surface area contributed by atoms with Crippen LogP contribution in [0.5, 0.6) is 0 Å². The van der Waals surface area contributed by atoms with Crippen molar-refractivity contribution in [3.63, 3.8) is 0 Å². The van der Waals surface area contributed by atoms with E-state index in [9.17, 15) is 9.59 Å². The van der Waals surface area contributed by atoms with E-state index in [0.717, 1.165) is 68.1 Å². The zero-order valence-electron chi connectivity index (χ0n) is 17.2. The summed E-state index contributed by atoms with van der Waals surface area (Å²) in [6.07, 6.45) is 3.03. The lowest BCUT2D eigenvalue weighted by molar-refractivity contribution is -0.132. The Morgan fingerprint density at radius 1 is 1.14 bits per heavy atom. The van der Waals surface area contributed by atoms with Crippen LogP contribution in [-0.2, 0) is 23.2 Å². The maximum atomic E-state index is 12.0. The van der Waals surface area contributed by atoms with Crippen molar-refractivity contribution < 1.29 is 9.59 Å². The van der Waals surface area contributed by atoms with Crippen LogP contribution in [0, 0.1) is 0 Å². The molecule has 1 saturated heterocycles. The number of amides is 2. The molecule has 0 atom stereocenters. The SMILES string of the molecule is CCCCC(=O)Nc1ccc2c(c1)nc(CN1CCN(C(=O)CC)CC1)n2C. The standard InChI is InChI=1S/C21H31N5O2/c1-4-6-7-20(27)22-16-8-9-18-17(14-16)23-19(24(18)3)15-25-10-12-26(13-11-25)21(28)5-2/h8-9,14H,4-7,10-13,15H2,1-3H3,(H,22,27). The summed E-state index contributed by atoms with van der Waals surface area (Å²) in [7, 11) is 2.03. The minimum absolute atomic E-state index is 0.0526. The van der Waals surface area contributed by atoms with Crippen molar-refractivity contribution in [3.8, 4) is 0 Å². The summed E-state index contributed by atoms with van der Waals surface area (Å²) >= 11 is 0. The fraction of sp³-hybridized carbons (Fsp3) is 0.571. The number of hydrogen-bond donors (Lipinski definition) is 1. The molecule has 2 aromatic rings. The van der Waals surface area contributed by atoms with Gasteiger partial charge in [0.1, 0.15) is 5.82 Å². The summed E-state index contributed by atoms with van der Waals surface area (Å²) in [5.74, 6) is 1.28. The maximum absolute atomic E-state index is 12.0. The summed E-state index contributed by atoms with van der Waals surface area (Å²) in [5.41, 5.74) is 2.75. The van der Waals surface area contributed by atoms with Gasteiger partial charge in [0.15, 0.2) is 0 Å². The van der Waals surface area contributed by atoms with Gasteiger partial charge in [0.2, 0.25) is 11.8 Å². The van der Waals surface area contributed by atoms with Crippen molar-refractivity contribution >= 4 is 28.5 Å². The molecule has 0 radical (unpaired) electrons. The van der Waals surface area contributed by atoms with Gasteiger partial charge in [0.25, 0.3) is 0 Å². The Kier molecular flexibility index (Phi) is 6.67. The predicted molar refractivity (Wildman–Crippen MR) is 111 cm³/mol. The molecule has 152 valence electrons. The zero-order valence-corrected chi connectivity index (χ0v) is 17.2. The van der Waals surface area contributed by atoms with Gasteiger partial charge in [0, 0.05) is 51.8 Å². The van der Waals surface area contributed by atoms with Gasteiger partial charge in [-0.15, -0.1) is 0 Å². The van der Waals surface area contributed by atoms with E-state index in [0.29, 0.717) is 12.8 Å². The minimum atomic E-state index is 0.0526. The number of carbonyl (C=O) groups is 2. The first-order valence-electron chi connectivity index (χ1n) is 10.3. The number of benzene rings is 1. The molecule has 1 aliphatic heterocycles. The van der Waals surface area contributed by atoms with Crippen LogP contribution in [0.15, 0.2) is 18.2 Å². The van der Waals surface area contributed by atoms with Gasteiger partial charge in [-0.25, -0.2) is 4.98 Å². The number of aryl methyl sites for hydroxylation is 1. The number of unbranched alkanes of at least 4 members (excludes halogenated alkanes) is 1. The van der Waals surface area contributed by atoms with Gasteiger partial charge < -0.3 is 14.8 Å². The van der Waals surface area contributed by atoms with E-state index in [2.05, 4.69) is 21.7 Å². The van der Waals surface area contributed by atoms with Crippen molar-refractivity contribution in [2.24, 2.45) is 7.05 Å². The van der Waals surface area contributed by atoms with Gasteiger partial charge in [-0.1, -0.05) is 20.3 Å². The molecule has 7 nitrogen and oxygen atoms in total. The molecule has 0 aliphatic carbocycles. The van der Waals surface area contributed by atoms with Crippen LogP contribution in [-0.4, -0.2) is 57.3 Å². The molecule has 3 rings (SSSR count). The van der Waals surface area contributed by atoms with E-state index >= 15 is 0 Å². The molecule has 0 saturated carbocycles. The van der Waals surface area contributed by atoms with Crippen LogP contribution in [0.1, 0.15) is 45.4 Å². The molecule has 1 fully saturated rings. The Hall–Kier alpha value is -2.41. The molecule has 2 heterocycles. The molecule has 1 N–H and O–H groups in total. The summed E-state index contributed by atoms with van der Waals surface area (Å²) in [6, 6.07) is 5.90. The molecule has 28 heavy (non-hydrogen) atoms. The molecule has 0 spiro atoms. The Bertz CT molecular complexity index is 837. The van der Waals surface area contributed by atoms with Crippen LogP contribution in [0.25, 0.3) is 11.0 Å². The minimum Gasteiger partial charge on any atom is -0.340 e. The fourth-order valence-electron chi connectivity index (χ4n) is 3.61. The van der Waals surface area contributed by atoms with Crippen LogP contribution >= 0.6 is 0 Å². The molecule has 1 aromatic heterocycles. The summed E-state index contributed by atoms with van der Waals surface area (Å²) < 4.78 is 2.11. The number of aromatic nitrogens is 2. The third-order valence-electron chi connectivity index (χ3n) is 5.41. The average molecular weight is 386 g/mol. The molecule has 1 aromatic carbocycles. The van der Waals surface area contributed by atoms with Crippen LogP contribution < -0.4 is 5.32 Å². The van der Waals surface area contributed by atoms with Crippen LogP contribution in [0.4, 0.5) is 5.69 Å². The highest BCUT2D eigenvalue weighted by atomic mass is 16.2. The number of nitrogens with one attached hydrogen (secondary N) is 1. The number of anilines is 1. The van der Waals surface area contributed by atoms with E-state index < -0.39 is 0 Å². The van der Waals surface area contributed by atoms with E-state index in [1.54, 1.807) is 0 Å². The molecule has 7 heteroatoms. The molecular formula is C21H31N5O2. The van der Waals surface area contributed by atoms with Gasteiger partial charge in [-0.05, 0) is 24.6 Å². The number of nitrogens with zero attached hydrogens (tertiary/aromatic N) is 4. The lowest BCUT2D eigenvalue weighted by Crippen LogP contribution is -2.48. The molecular weight excluding hydrogens is 354 g/mol. The third-order valence-corrected chi connectivity index (χ3v) is 5.41. The van der Waals surface area contributed by atoms with Crippen molar-refractivity contribution in [2.45, 2.75) is 46.1 Å². The quantitative estimate of drug-likeness (QED) is 0.796.